The molecule has 1 N–H and O–H groups in total. The number of aryl methyl sites for hydroxylation is 1. The lowest BCUT2D eigenvalue weighted by Gasteiger charge is -2.32. The Morgan fingerprint density at radius 3 is 2.59 bits per heavy atom. The highest BCUT2D eigenvalue weighted by atomic mass is 35.5. The number of furan rings is 1. The van der Waals surface area contributed by atoms with Gasteiger partial charge in [0.15, 0.2) is 5.76 Å². The summed E-state index contributed by atoms with van der Waals surface area (Å²) in [5.74, 6) is -1.28. The highest BCUT2D eigenvalue weighted by Crippen LogP contribution is 2.41. The van der Waals surface area contributed by atoms with Gasteiger partial charge in [0.25, 0.3) is 5.72 Å². The van der Waals surface area contributed by atoms with Gasteiger partial charge in [-0.25, -0.2) is 0 Å². The zero-order chi connectivity index (χ0) is 20.1. The molecule has 0 unspecified atom stereocenters. The van der Waals surface area contributed by atoms with E-state index in [1.54, 1.807) is 18.5 Å². The van der Waals surface area contributed by atoms with Crippen LogP contribution in [0, 0.1) is 13.8 Å². The minimum Gasteiger partial charge on any atom is -0.454 e. The summed E-state index contributed by atoms with van der Waals surface area (Å²) in [5, 5.41) is 18.3. The Bertz CT molecular complexity index is 934. The highest BCUT2D eigenvalue weighted by Gasteiger charge is 2.63. The number of amides is 1. The summed E-state index contributed by atoms with van der Waals surface area (Å²) in [7, 11) is 0. The number of aliphatic hydroxyl groups is 1. The number of aromatic nitrogens is 2. The molecule has 11 heteroatoms. The van der Waals surface area contributed by atoms with Gasteiger partial charge in [-0.15, -0.1) is 0 Å². The van der Waals surface area contributed by atoms with Gasteiger partial charge < -0.3 is 9.52 Å². The van der Waals surface area contributed by atoms with E-state index >= 15 is 0 Å². The lowest BCUT2D eigenvalue weighted by atomic mass is 10.1. The number of carbonyl (C=O) groups is 1. The molecule has 0 bridgehead atoms. The number of alkyl halides is 3. The van der Waals surface area contributed by atoms with Crippen molar-refractivity contribution in [1.82, 2.24) is 14.8 Å². The molecule has 1 aliphatic heterocycles. The standard InChI is InChI=1S/C16H16ClF3N4O3/c1-8-6-15(26,16(18,19)20)24(21-8)14(25)12-5-4-11(27-12)7-23-10(3)13(17)9(2)22-23/h4-5,26H,6-7H2,1-3H3/t15-/m0/s1. The Hall–Kier alpha value is -2.33. The van der Waals surface area contributed by atoms with Crippen LogP contribution in [-0.4, -0.2) is 43.4 Å². The van der Waals surface area contributed by atoms with Crippen LogP contribution in [0.4, 0.5) is 13.2 Å². The molecule has 3 heterocycles. The van der Waals surface area contributed by atoms with Crippen molar-refractivity contribution < 1.29 is 27.5 Å². The van der Waals surface area contributed by atoms with Gasteiger partial charge in [-0.05, 0) is 32.9 Å². The second-order valence-corrected chi connectivity index (χ2v) is 6.73. The topological polar surface area (TPSA) is 83.9 Å². The summed E-state index contributed by atoms with van der Waals surface area (Å²) in [6.45, 7) is 4.92. The number of halogens is 4. The van der Waals surface area contributed by atoms with Crippen LogP contribution < -0.4 is 0 Å². The number of hydrazone groups is 1. The van der Waals surface area contributed by atoms with E-state index in [1.807, 2.05) is 0 Å². The van der Waals surface area contributed by atoms with Crippen LogP contribution >= 0.6 is 11.6 Å². The molecule has 0 spiro atoms. The first-order valence-electron chi connectivity index (χ1n) is 7.90. The molecule has 2 aromatic heterocycles. The quantitative estimate of drug-likeness (QED) is 0.851. The maximum absolute atomic E-state index is 13.2. The normalized spacial score (nSPS) is 20.3. The molecule has 1 amide bonds. The third-order valence-electron chi connectivity index (χ3n) is 4.24. The first-order valence-corrected chi connectivity index (χ1v) is 8.28. The molecule has 2 aromatic rings. The van der Waals surface area contributed by atoms with E-state index in [0.29, 0.717) is 16.4 Å². The largest absolute Gasteiger partial charge is 0.454 e. The summed E-state index contributed by atoms with van der Waals surface area (Å²) >= 11 is 6.07. The van der Waals surface area contributed by atoms with Crippen LogP contribution in [-0.2, 0) is 6.54 Å². The molecule has 0 fully saturated rings. The Morgan fingerprint density at radius 1 is 1.37 bits per heavy atom. The van der Waals surface area contributed by atoms with Crippen LogP contribution in [0.15, 0.2) is 21.7 Å². The third-order valence-corrected chi connectivity index (χ3v) is 4.79. The third kappa shape index (κ3) is 3.23. The van der Waals surface area contributed by atoms with Crippen molar-refractivity contribution in [1.29, 1.82) is 0 Å². The van der Waals surface area contributed by atoms with Crippen molar-refractivity contribution >= 4 is 23.2 Å². The molecule has 0 aliphatic carbocycles. The molecular formula is C16H16ClF3N4O3. The molecule has 0 radical (unpaired) electrons. The minimum absolute atomic E-state index is 0.0190. The molecular weight excluding hydrogens is 389 g/mol. The fourth-order valence-corrected chi connectivity index (χ4v) is 2.95. The average molecular weight is 405 g/mol. The van der Waals surface area contributed by atoms with E-state index in [2.05, 4.69) is 10.2 Å². The van der Waals surface area contributed by atoms with Crippen molar-refractivity contribution in [2.45, 2.75) is 45.6 Å². The van der Waals surface area contributed by atoms with Crippen LogP contribution in [0.2, 0.25) is 5.02 Å². The number of rotatable bonds is 3. The fourth-order valence-electron chi connectivity index (χ4n) is 2.81. The minimum atomic E-state index is -5.07. The molecule has 0 saturated heterocycles. The first kappa shape index (κ1) is 19.4. The maximum atomic E-state index is 13.2. The smallest absolute Gasteiger partial charge is 0.438 e. The van der Waals surface area contributed by atoms with Gasteiger partial charge >= 0.3 is 12.1 Å². The van der Waals surface area contributed by atoms with E-state index in [4.69, 9.17) is 16.0 Å². The van der Waals surface area contributed by atoms with E-state index in [9.17, 15) is 23.1 Å². The highest BCUT2D eigenvalue weighted by molar-refractivity contribution is 6.31. The van der Waals surface area contributed by atoms with Crippen LogP contribution in [0.5, 0.6) is 0 Å². The van der Waals surface area contributed by atoms with Crippen LogP contribution in [0.25, 0.3) is 0 Å². The predicted octanol–water partition coefficient (Wildman–Crippen LogP) is 3.27. The summed E-state index contributed by atoms with van der Waals surface area (Å²) in [5.41, 5.74) is -2.12. The van der Waals surface area contributed by atoms with Crippen molar-refractivity contribution in [2.24, 2.45) is 5.10 Å². The van der Waals surface area contributed by atoms with Crippen LogP contribution in [0.3, 0.4) is 0 Å². The van der Waals surface area contributed by atoms with Gasteiger partial charge in [-0.1, -0.05) is 11.6 Å². The Labute approximate surface area is 157 Å². The van der Waals surface area contributed by atoms with Gasteiger partial charge in [0.05, 0.1) is 23.0 Å². The number of carbonyl (C=O) groups excluding carboxylic acids is 1. The average Bonchev–Trinajstić information content (AvgIpc) is 3.21. The van der Waals surface area contributed by atoms with Gasteiger partial charge in [0.2, 0.25) is 0 Å². The van der Waals surface area contributed by atoms with Gasteiger partial charge in [0, 0.05) is 12.1 Å². The van der Waals surface area contributed by atoms with E-state index in [1.165, 1.54) is 19.1 Å². The molecule has 0 saturated carbocycles. The Morgan fingerprint density at radius 2 is 2.04 bits per heavy atom. The predicted molar refractivity (Wildman–Crippen MR) is 89.4 cm³/mol. The zero-order valence-corrected chi connectivity index (χ0v) is 15.4. The maximum Gasteiger partial charge on any atom is 0.438 e. The molecule has 1 aliphatic rings. The molecule has 1 atom stereocenters. The van der Waals surface area contributed by atoms with Gasteiger partial charge in [-0.2, -0.15) is 28.4 Å². The lowest BCUT2D eigenvalue weighted by molar-refractivity contribution is -0.297. The summed E-state index contributed by atoms with van der Waals surface area (Å²) in [6.07, 6.45) is -5.89. The lowest BCUT2D eigenvalue weighted by Crippen LogP contribution is -2.56. The summed E-state index contributed by atoms with van der Waals surface area (Å²) in [6, 6.07) is 2.67. The first-order chi connectivity index (χ1) is 12.4. The molecule has 0 aromatic carbocycles. The van der Waals surface area contributed by atoms with Crippen molar-refractivity contribution in [3.8, 4) is 0 Å². The molecule has 27 heavy (non-hydrogen) atoms. The van der Waals surface area contributed by atoms with E-state index in [-0.39, 0.29) is 28.8 Å². The molecule has 146 valence electrons. The van der Waals surface area contributed by atoms with Gasteiger partial charge in [0.1, 0.15) is 5.76 Å². The number of hydrogen-bond donors (Lipinski definition) is 1. The summed E-state index contributed by atoms with van der Waals surface area (Å²) in [4.78, 5) is 12.5. The number of hydrogen-bond acceptors (Lipinski definition) is 5. The van der Waals surface area contributed by atoms with Crippen LogP contribution in [0.1, 0.15) is 41.0 Å². The molecule has 3 rings (SSSR count). The van der Waals surface area contributed by atoms with E-state index < -0.39 is 24.2 Å². The SMILES string of the molecule is CC1=NN(C(=O)c2ccc(Cn3nc(C)c(Cl)c3C)o2)[C@@](O)(C(F)(F)F)C1. The number of nitrogens with zero attached hydrogens (tertiary/aromatic N) is 4. The Balaban J connectivity index is 1.85. The Kier molecular flexibility index (Phi) is 4.59. The van der Waals surface area contributed by atoms with Crippen molar-refractivity contribution in [3.63, 3.8) is 0 Å². The zero-order valence-electron chi connectivity index (χ0n) is 14.6. The molecule has 7 nitrogen and oxygen atoms in total. The second kappa shape index (κ2) is 6.38. The van der Waals surface area contributed by atoms with Gasteiger partial charge in [-0.3, -0.25) is 9.48 Å². The fraction of sp³-hybridized carbons (Fsp3) is 0.438. The summed E-state index contributed by atoms with van der Waals surface area (Å²) < 4.78 is 46.7. The monoisotopic (exact) mass is 404 g/mol. The van der Waals surface area contributed by atoms with Crippen molar-refractivity contribution in [2.75, 3.05) is 0 Å². The van der Waals surface area contributed by atoms with Crippen molar-refractivity contribution in [3.05, 3.63) is 40.1 Å². The second-order valence-electron chi connectivity index (χ2n) is 6.35. The van der Waals surface area contributed by atoms with E-state index in [0.717, 1.165) is 0 Å².